The Morgan fingerprint density at radius 2 is 0.708 bits per heavy atom. The molecule has 0 amide bonds. The zero-order valence-electron chi connectivity index (χ0n) is 35.8. The molecule has 0 atom stereocenters. The molecular formula is C64H43N. The molecule has 0 aliphatic heterocycles. The highest BCUT2D eigenvalue weighted by Crippen LogP contribution is 2.48. The summed E-state index contributed by atoms with van der Waals surface area (Å²) < 4.78 is 0. The summed E-state index contributed by atoms with van der Waals surface area (Å²) in [5.41, 5.74) is 15.3. The Balaban J connectivity index is 1.05. The molecule has 0 aromatic heterocycles. The first kappa shape index (κ1) is 38.2. The second kappa shape index (κ2) is 16.3. The highest BCUT2D eigenvalue weighted by atomic mass is 15.1. The van der Waals surface area contributed by atoms with Crippen LogP contribution in [0.4, 0.5) is 17.1 Å². The molecule has 0 spiro atoms. The fraction of sp³-hybridized carbons (Fsp3) is 0. The number of fused-ring (bicyclic) bond motifs is 5. The maximum Gasteiger partial charge on any atom is 0.0540 e. The number of rotatable bonds is 8. The minimum atomic E-state index is 1.09. The van der Waals surface area contributed by atoms with Crippen molar-refractivity contribution in [1.82, 2.24) is 0 Å². The van der Waals surface area contributed by atoms with E-state index >= 15 is 0 Å². The van der Waals surface area contributed by atoms with Gasteiger partial charge in [-0.1, -0.05) is 218 Å². The zero-order chi connectivity index (χ0) is 43.1. The molecule has 65 heavy (non-hydrogen) atoms. The van der Waals surface area contributed by atoms with Crippen molar-refractivity contribution in [3.63, 3.8) is 0 Å². The molecule has 12 aromatic carbocycles. The van der Waals surface area contributed by atoms with Gasteiger partial charge in [0.15, 0.2) is 0 Å². The Bertz CT molecular complexity index is 3680. The van der Waals surface area contributed by atoms with Crippen LogP contribution in [0.15, 0.2) is 261 Å². The summed E-state index contributed by atoms with van der Waals surface area (Å²) in [6, 6.07) is 95.3. The van der Waals surface area contributed by atoms with E-state index in [4.69, 9.17) is 0 Å². The van der Waals surface area contributed by atoms with E-state index in [2.05, 4.69) is 266 Å². The van der Waals surface area contributed by atoms with Crippen LogP contribution in [0.25, 0.3) is 98.7 Å². The first-order valence-corrected chi connectivity index (χ1v) is 22.4. The molecule has 12 rings (SSSR count). The smallest absolute Gasteiger partial charge is 0.0540 e. The van der Waals surface area contributed by atoms with Gasteiger partial charge >= 0.3 is 0 Å². The monoisotopic (exact) mass is 825 g/mol. The molecule has 1 nitrogen and oxygen atoms in total. The van der Waals surface area contributed by atoms with Crippen molar-refractivity contribution in [2.45, 2.75) is 0 Å². The molecule has 0 saturated carbocycles. The third kappa shape index (κ3) is 6.92. The molecule has 1 heteroatoms. The number of para-hydroxylation sites is 1. The Morgan fingerprint density at radius 1 is 0.215 bits per heavy atom. The Labute approximate surface area is 379 Å². The third-order valence-corrected chi connectivity index (χ3v) is 13.0. The lowest BCUT2D eigenvalue weighted by atomic mass is 9.84. The zero-order valence-corrected chi connectivity index (χ0v) is 35.8. The topological polar surface area (TPSA) is 3.24 Å². The van der Waals surface area contributed by atoms with Crippen molar-refractivity contribution >= 4 is 60.2 Å². The summed E-state index contributed by atoms with van der Waals surface area (Å²) in [6.45, 7) is 0. The first-order chi connectivity index (χ1) is 32.2. The van der Waals surface area contributed by atoms with Crippen LogP contribution in [0.5, 0.6) is 0 Å². The third-order valence-electron chi connectivity index (χ3n) is 13.0. The summed E-state index contributed by atoms with van der Waals surface area (Å²) in [7, 11) is 0. The van der Waals surface area contributed by atoms with Gasteiger partial charge in [-0.05, 0) is 136 Å². The lowest BCUT2D eigenvalue weighted by Crippen LogP contribution is -2.11. The molecule has 0 fully saturated rings. The summed E-state index contributed by atoms with van der Waals surface area (Å²) in [4.78, 5) is 2.42. The van der Waals surface area contributed by atoms with Crippen LogP contribution in [0.1, 0.15) is 0 Å². The van der Waals surface area contributed by atoms with E-state index < -0.39 is 0 Å². The Hall–Kier alpha value is -8.52. The molecule has 0 aliphatic carbocycles. The fourth-order valence-corrected chi connectivity index (χ4v) is 9.95. The van der Waals surface area contributed by atoms with Crippen molar-refractivity contribution in [2.75, 3.05) is 4.90 Å². The molecule has 0 bridgehead atoms. The average molecular weight is 826 g/mol. The van der Waals surface area contributed by atoms with Crippen LogP contribution in [0.2, 0.25) is 0 Å². The molecule has 0 radical (unpaired) electrons. The van der Waals surface area contributed by atoms with Crippen LogP contribution in [0.3, 0.4) is 0 Å². The van der Waals surface area contributed by atoms with E-state index in [9.17, 15) is 0 Å². The second-order valence-corrected chi connectivity index (χ2v) is 16.8. The maximum absolute atomic E-state index is 2.43. The van der Waals surface area contributed by atoms with Gasteiger partial charge in [-0.3, -0.25) is 0 Å². The number of hydrogen-bond donors (Lipinski definition) is 0. The highest BCUT2D eigenvalue weighted by Gasteiger charge is 2.21. The number of benzene rings is 12. The molecule has 0 unspecified atom stereocenters. The van der Waals surface area contributed by atoms with Gasteiger partial charge in [0.1, 0.15) is 0 Å². The average Bonchev–Trinajstić information content (AvgIpc) is 3.39. The van der Waals surface area contributed by atoms with Crippen LogP contribution in [-0.4, -0.2) is 0 Å². The van der Waals surface area contributed by atoms with Crippen LogP contribution in [-0.2, 0) is 0 Å². The first-order valence-electron chi connectivity index (χ1n) is 22.4. The van der Waals surface area contributed by atoms with Gasteiger partial charge in [0.05, 0.1) is 5.69 Å². The minimum absolute atomic E-state index is 1.09. The summed E-state index contributed by atoms with van der Waals surface area (Å²) >= 11 is 0. The normalized spacial score (nSPS) is 11.4. The quantitative estimate of drug-likeness (QED) is 0.138. The van der Waals surface area contributed by atoms with Gasteiger partial charge in [0.2, 0.25) is 0 Å². The number of anilines is 3. The number of nitrogens with zero attached hydrogens (tertiary/aromatic N) is 1. The van der Waals surface area contributed by atoms with Crippen molar-refractivity contribution in [3.8, 4) is 55.6 Å². The van der Waals surface area contributed by atoms with E-state index in [0.29, 0.717) is 0 Å². The van der Waals surface area contributed by atoms with Crippen molar-refractivity contribution < 1.29 is 0 Å². The summed E-state index contributed by atoms with van der Waals surface area (Å²) in [5, 5.41) is 9.96. The maximum atomic E-state index is 2.43. The van der Waals surface area contributed by atoms with Crippen LogP contribution < -0.4 is 4.90 Å². The van der Waals surface area contributed by atoms with Gasteiger partial charge in [-0.15, -0.1) is 0 Å². The molecule has 304 valence electrons. The fourth-order valence-electron chi connectivity index (χ4n) is 9.95. The molecular weight excluding hydrogens is 783 g/mol. The van der Waals surface area contributed by atoms with Gasteiger partial charge in [0, 0.05) is 16.9 Å². The van der Waals surface area contributed by atoms with E-state index in [1.54, 1.807) is 0 Å². The lowest BCUT2D eigenvalue weighted by Gasteiger charge is -2.28. The second-order valence-electron chi connectivity index (χ2n) is 16.8. The Morgan fingerprint density at radius 3 is 1.43 bits per heavy atom. The van der Waals surface area contributed by atoms with E-state index in [0.717, 1.165) is 28.2 Å². The predicted octanol–water partition coefficient (Wildman–Crippen LogP) is 18.1. The molecule has 12 aromatic rings. The largest absolute Gasteiger partial charge is 0.310 e. The van der Waals surface area contributed by atoms with E-state index in [1.165, 1.54) is 87.6 Å². The Kier molecular flexibility index (Phi) is 9.58. The molecule has 0 heterocycles. The predicted molar refractivity (Wildman–Crippen MR) is 278 cm³/mol. The van der Waals surface area contributed by atoms with Crippen molar-refractivity contribution in [2.24, 2.45) is 0 Å². The standard InChI is InChI=1S/C64H43N/c1-3-18-48(19-4-1)63-60-27-12-11-26-58(60)59-41-36-52(43-61(59)64(63)49-20-5-2-6-21-49)57-25-13-14-29-62(57)65(53-37-32-45(33-38-53)51-31-30-44-16-7-8-22-50(44)42-51)54-39-34-47(35-40-54)56-28-15-23-46-17-9-10-24-55(46)56/h1-43H. The van der Waals surface area contributed by atoms with Crippen molar-refractivity contribution in [1.29, 1.82) is 0 Å². The van der Waals surface area contributed by atoms with E-state index in [1.807, 2.05) is 0 Å². The van der Waals surface area contributed by atoms with Crippen molar-refractivity contribution in [3.05, 3.63) is 261 Å². The van der Waals surface area contributed by atoms with Crippen LogP contribution >= 0.6 is 0 Å². The van der Waals surface area contributed by atoms with Gasteiger partial charge in [0.25, 0.3) is 0 Å². The SMILES string of the molecule is c1ccc(-c2c(-c3ccccc3)c3cc(-c4ccccc4N(c4ccc(-c5ccc6ccccc6c5)cc4)c4ccc(-c5cccc6ccccc56)cc4)ccc3c3ccccc23)cc1. The van der Waals surface area contributed by atoms with Crippen LogP contribution in [0, 0.1) is 0 Å². The lowest BCUT2D eigenvalue weighted by molar-refractivity contribution is 1.28. The summed E-state index contributed by atoms with van der Waals surface area (Å²) in [5.74, 6) is 0. The van der Waals surface area contributed by atoms with Gasteiger partial charge in [-0.2, -0.15) is 0 Å². The molecule has 0 saturated heterocycles. The van der Waals surface area contributed by atoms with E-state index in [-0.39, 0.29) is 0 Å². The van der Waals surface area contributed by atoms with Gasteiger partial charge in [-0.25, -0.2) is 0 Å². The highest BCUT2D eigenvalue weighted by molar-refractivity contribution is 6.22. The number of hydrogen-bond acceptors (Lipinski definition) is 1. The molecule has 0 aliphatic rings. The van der Waals surface area contributed by atoms with Gasteiger partial charge < -0.3 is 4.90 Å². The minimum Gasteiger partial charge on any atom is -0.310 e. The molecule has 0 N–H and O–H groups in total. The summed E-state index contributed by atoms with van der Waals surface area (Å²) in [6.07, 6.45) is 0.